The van der Waals surface area contributed by atoms with Crippen LogP contribution in [0.25, 0.3) is 0 Å². The molecule has 3 rings (SSSR count). The van der Waals surface area contributed by atoms with E-state index in [1.54, 1.807) is 4.31 Å². The van der Waals surface area contributed by atoms with E-state index in [9.17, 15) is 26.4 Å². The zero-order chi connectivity index (χ0) is 24.2. The minimum atomic E-state index is -3.59. The number of benzene rings is 1. The molecule has 0 radical (unpaired) electrons. The molecule has 0 saturated carbocycles. The molecule has 2 aliphatic heterocycles. The zero-order valence-corrected chi connectivity index (χ0v) is 19.3. The van der Waals surface area contributed by atoms with Crippen molar-refractivity contribution in [3.8, 4) is 0 Å². The Balaban J connectivity index is 1.55. The molecule has 1 aromatic carbocycles. The second-order valence-electron chi connectivity index (χ2n) is 8.66. The summed E-state index contributed by atoms with van der Waals surface area (Å²) in [5.41, 5.74) is 6.31. The average Bonchev–Trinajstić information content (AvgIpc) is 3.03. The quantitative estimate of drug-likeness (QED) is 0.338. The van der Waals surface area contributed by atoms with Gasteiger partial charge < -0.3 is 21.1 Å². The molecule has 12 heteroatoms. The van der Waals surface area contributed by atoms with E-state index in [1.807, 2.05) is 0 Å². The highest BCUT2D eigenvalue weighted by molar-refractivity contribution is 7.89. The first-order valence-corrected chi connectivity index (χ1v) is 12.6. The normalized spacial score (nSPS) is 24.0. The number of nitrogens with one attached hydrogen (secondary N) is 2. The maximum absolute atomic E-state index is 14.0. The number of nitrogens with zero attached hydrogens (tertiary/aromatic N) is 1. The van der Waals surface area contributed by atoms with Crippen molar-refractivity contribution in [2.75, 3.05) is 32.6 Å². The van der Waals surface area contributed by atoms with Crippen LogP contribution >= 0.6 is 0 Å². The molecule has 8 nitrogen and oxygen atoms in total. The minimum absolute atomic E-state index is 0.0126. The molecule has 0 aliphatic carbocycles. The van der Waals surface area contributed by atoms with Gasteiger partial charge >= 0.3 is 6.03 Å². The van der Waals surface area contributed by atoms with Crippen molar-refractivity contribution in [3.63, 3.8) is 0 Å². The lowest BCUT2D eigenvalue weighted by Crippen LogP contribution is -2.51. The Morgan fingerprint density at radius 3 is 2.36 bits per heavy atom. The number of urea groups is 1. The van der Waals surface area contributed by atoms with Crippen molar-refractivity contribution in [2.45, 2.75) is 50.2 Å². The third-order valence-electron chi connectivity index (χ3n) is 6.41. The van der Waals surface area contributed by atoms with Crippen LogP contribution in [0.15, 0.2) is 12.1 Å². The maximum Gasteiger partial charge on any atom is 0.314 e. The summed E-state index contributed by atoms with van der Waals surface area (Å²) in [4.78, 5) is 11.7. The average molecular weight is 493 g/mol. The Kier molecular flexibility index (Phi) is 8.59. The second kappa shape index (κ2) is 11.0. The maximum atomic E-state index is 14.0. The van der Waals surface area contributed by atoms with Crippen LogP contribution in [-0.4, -0.2) is 69.4 Å². The third kappa shape index (κ3) is 6.37. The Morgan fingerprint density at radius 1 is 1.12 bits per heavy atom. The van der Waals surface area contributed by atoms with Crippen LogP contribution in [-0.2, 0) is 21.2 Å². The number of carbonyl (C=O) groups is 1. The summed E-state index contributed by atoms with van der Waals surface area (Å²) >= 11 is 0. The number of rotatable bonds is 10. The molecule has 2 aliphatic rings. The first-order chi connectivity index (χ1) is 15.6. The number of fused-ring (bicyclic) bond motifs is 2. The van der Waals surface area contributed by atoms with Crippen molar-refractivity contribution in [1.82, 2.24) is 14.9 Å². The highest BCUT2D eigenvalue weighted by atomic mass is 32.2. The first-order valence-electron chi connectivity index (χ1n) is 11.0. The summed E-state index contributed by atoms with van der Waals surface area (Å²) in [5.74, 6) is -3.49. The highest BCUT2D eigenvalue weighted by Crippen LogP contribution is 2.41. The number of hydrogen-bond acceptors (Lipinski definition) is 5. The molecular formula is C21H31F3N4O4S. The molecular weight excluding hydrogens is 461 g/mol. The van der Waals surface area contributed by atoms with E-state index >= 15 is 0 Å². The fourth-order valence-corrected chi connectivity index (χ4v) is 6.71. The Morgan fingerprint density at radius 2 is 1.73 bits per heavy atom. The van der Waals surface area contributed by atoms with Gasteiger partial charge in [-0.05, 0) is 49.7 Å². The molecule has 2 bridgehead atoms. The minimum Gasteiger partial charge on any atom is -0.383 e. The van der Waals surface area contributed by atoms with E-state index in [1.165, 1.54) is 7.11 Å². The molecule has 2 unspecified atom stereocenters. The van der Waals surface area contributed by atoms with Crippen molar-refractivity contribution in [1.29, 1.82) is 0 Å². The Labute approximate surface area is 192 Å². The van der Waals surface area contributed by atoms with Gasteiger partial charge in [-0.1, -0.05) is 0 Å². The number of amides is 2. The number of nitrogens with two attached hydrogens (primary N) is 1. The van der Waals surface area contributed by atoms with E-state index in [-0.39, 0.29) is 42.3 Å². The summed E-state index contributed by atoms with van der Waals surface area (Å²) in [5, 5.41) is 5.09. The number of sulfonamides is 1. The van der Waals surface area contributed by atoms with Gasteiger partial charge in [-0.15, -0.1) is 0 Å². The molecule has 2 amide bonds. The third-order valence-corrected chi connectivity index (χ3v) is 8.37. The number of hydrogen-bond donors (Lipinski definition) is 3. The molecule has 186 valence electrons. The van der Waals surface area contributed by atoms with Crippen molar-refractivity contribution in [2.24, 2.45) is 11.7 Å². The van der Waals surface area contributed by atoms with E-state index in [2.05, 4.69) is 10.6 Å². The molecule has 2 saturated heterocycles. The van der Waals surface area contributed by atoms with Crippen LogP contribution in [0.3, 0.4) is 0 Å². The lowest BCUT2D eigenvalue weighted by Gasteiger charge is -2.40. The first kappa shape index (κ1) is 25.7. The van der Waals surface area contributed by atoms with E-state index in [0.29, 0.717) is 44.9 Å². The Hall–Kier alpha value is -1.89. The van der Waals surface area contributed by atoms with E-state index in [4.69, 9.17) is 10.5 Å². The molecule has 0 spiro atoms. The monoisotopic (exact) mass is 492 g/mol. The van der Waals surface area contributed by atoms with E-state index < -0.39 is 39.5 Å². The number of halogens is 3. The zero-order valence-electron chi connectivity index (χ0n) is 18.5. The predicted octanol–water partition coefficient (Wildman–Crippen LogP) is 1.49. The predicted molar refractivity (Wildman–Crippen MR) is 116 cm³/mol. The smallest absolute Gasteiger partial charge is 0.314 e. The summed E-state index contributed by atoms with van der Waals surface area (Å²) in [7, 11) is -2.08. The number of ether oxygens (including phenoxy) is 1. The van der Waals surface area contributed by atoms with Crippen molar-refractivity contribution >= 4 is 16.1 Å². The topological polar surface area (TPSA) is 114 Å². The Bertz CT molecular complexity index is 936. The lowest BCUT2D eigenvalue weighted by atomic mass is 9.83. The molecule has 0 aromatic heterocycles. The van der Waals surface area contributed by atoms with Crippen LogP contribution in [0, 0.1) is 23.4 Å². The molecule has 2 heterocycles. The summed E-state index contributed by atoms with van der Waals surface area (Å²) in [6, 6.07) is -0.0429. The fraction of sp³-hybridized carbons (Fsp3) is 0.667. The molecule has 1 aromatic rings. The molecule has 4 N–H and O–H groups in total. The van der Waals surface area contributed by atoms with Crippen LogP contribution in [0.2, 0.25) is 0 Å². The lowest BCUT2D eigenvalue weighted by molar-refractivity contribution is 0.170. The van der Waals surface area contributed by atoms with Gasteiger partial charge in [0.05, 0.1) is 12.4 Å². The SMILES string of the molecule is COCCNC(=O)NCCS(=O)(=O)N1C2CCC1CC([C@H](N)Cc1cc(F)c(F)cc1F)C2. The number of piperidine rings is 1. The number of methoxy groups -OCH3 is 1. The van der Waals surface area contributed by atoms with Gasteiger partial charge in [0.25, 0.3) is 0 Å². The fourth-order valence-electron chi connectivity index (χ4n) is 4.85. The van der Waals surface area contributed by atoms with E-state index in [0.717, 1.165) is 6.07 Å². The van der Waals surface area contributed by atoms with Gasteiger partial charge in [-0.2, -0.15) is 4.31 Å². The summed E-state index contributed by atoms with van der Waals surface area (Å²) in [6.07, 6.45) is 2.50. The highest BCUT2D eigenvalue weighted by Gasteiger charge is 2.47. The van der Waals surface area contributed by atoms with Gasteiger partial charge in [0, 0.05) is 44.4 Å². The van der Waals surface area contributed by atoms with Gasteiger partial charge in [-0.3, -0.25) is 0 Å². The molecule has 3 atom stereocenters. The van der Waals surface area contributed by atoms with Crippen LogP contribution in [0.1, 0.15) is 31.2 Å². The van der Waals surface area contributed by atoms with Gasteiger partial charge in [0.1, 0.15) is 5.82 Å². The van der Waals surface area contributed by atoms with Gasteiger partial charge in [0.15, 0.2) is 11.6 Å². The van der Waals surface area contributed by atoms with Gasteiger partial charge in [0.2, 0.25) is 10.0 Å². The van der Waals surface area contributed by atoms with Crippen LogP contribution < -0.4 is 16.4 Å². The van der Waals surface area contributed by atoms with Crippen LogP contribution in [0.4, 0.5) is 18.0 Å². The van der Waals surface area contributed by atoms with Gasteiger partial charge in [-0.25, -0.2) is 26.4 Å². The number of carbonyl (C=O) groups excluding carboxylic acids is 1. The largest absolute Gasteiger partial charge is 0.383 e. The summed E-state index contributed by atoms with van der Waals surface area (Å²) < 4.78 is 73.0. The second-order valence-corrected chi connectivity index (χ2v) is 10.7. The van der Waals surface area contributed by atoms with Crippen molar-refractivity contribution in [3.05, 3.63) is 35.1 Å². The van der Waals surface area contributed by atoms with Crippen molar-refractivity contribution < 1.29 is 31.1 Å². The summed E-state index contributed by atoms with van der Waals surface area (Å²) in [6.45, 7) is 0.659. The van der Waals surface area contributed by atoms with Crippen LogP contribution in [0.5, 0.6) is 0 Å². The molecule has 33 heavy (non-hydrogen) atoms. The molecule has 2 fully saturated rings. The standard InChI is InChI=1S/C21H31F3N4O4S/c1-32-6-4-26-21(29)27-5-7-33(30,31)28-15-2-3-16(28)9-14(8-15)20(25)11-13-10-18(23)19(24)12-17(13)22/h10,12,14-16,20H,2-9,11,25H2,1H3,(H2,26,27,29)/t14?,15?,16?,20-/m1/s1.